The van der Waals surface area contributed by atoms with Gasteiger partial charge in [-0.1, -0.05) is 17.3 Å². The summed E-state index contributed by atoms with van der Waals surface area (Å²) in [5.74, 6) is -0.858. The average Bonchev–Trinajstić information content (AvgIpc) is 3.10. The first-order chi connectivity index (χ1) is 9.24. The normalized spacial score (nSPS) is 10.5. The first-order valence-corrected chi connectivity index (χ1v) is 5.44. The summed E-state index contributed by atoms with van der Waals surface area (Å²) in [6.07, 6.45) is 3.04. The van der Waals surface area contributed by atoms with Gasteiger partial charge >= 0.3 is 5.97 Å². The van der Waals surface area contributed by atoms with Crippen LogP contribution in [0.4, 0.5) is 0 Å². The van der Waals surface area contributed by atoms with Crippen molar-refractivity contribution in [1.82, 2.24) is 10.1 Å². The van der Waals surface area contributed by atoms with Crippen molar-refractivity contribution in [2.75, 3.05) is 0 Å². The van der Waals surface area contributed by atoms with Crippen LogP contribution in [0.3, 0.4) is 0 Å². The molecule has 2 heterocycles. The number of oxazole rings is 1. The number of hydrogen-bond acceptors (Lipinski definition) is 5. The van der Waals surface area contributed by atoms with Gasteiger partial charge in [-0.2, -0.15) is 0 Å². The van der Waals surface area contributed by atoms with Crippen LogP contribution in [0, 0.1) is 0 Å². The summed E-state index contributed by atoms with van der Waals surface area (Å²) < 4.78 is 9.93. The summed E-state index contributed by atoms with van der Waals surface area (Å²) in [5, 5.41) is 12.5. The van der Waals surface area contributed by atoms with Gasteiger partial charge in [0.2, 0.25) is 11.7 Å². The number of benzene rings is 1. The molecule has 3 rings (SSSR count). The molecule has 0 amide bonds. The largest absolute Gasteiger partial charge is 0.475 e. The van der Waals surface area contributed by atoms with Gasteiger partial charge in [-0.05, 0) is 12.1 Å². The highest BCUT2D eigenvalue weighted by Gasteiger charge is 2.13. The van der Waals surface area contributed by atoms with Crippen LogP contribution in [-0.2, 0) is 0 Å². The fourth-order valence-corrected chi connectivity index (χ4v) is 1.69. The predicted molar refractivity (Wildman–Crippen MR) is 64.4 cm³/mol. The molecule has 0 saturated carbocycles. The molecule has 0 aliphatic rings. The van der Waals surface area contributed by atoms with E-state index >= 15 is 0 Å². The van der Waals surface area contributed by atoms with E-state index in [-0.39, 0.29) is 5.76 Å². The minimum atomic E-state index is -1.15. The highest BCUT2D eigenvalue weighted by molar-refractivity contribution is 5.85. The van der Waals surface area contributed by atoms with Crippen LogP contribution < -0.4 is 0 Å². The molecular weight excluding hydrogens is 248 g/mol. The van der Waals surface area contributed by atoms with E-state index in [4.69, 9.17) is 14.0 Å². The van der Waals surface area contributed by atoms with Crippen LogP contribution >= 0.6 is 0 Å². The minimum Gasteiger partial charge on any atom is -0.475 e. The van der Waals surface area contributed by atoms with Crippen molar-refractivity contribution in [3.8, 4) is 22.7 Å². The Bertz CT molecular complexity index is 716. The monoisotopic (exact) mass is 256 g/mol. The lowest BCUT2D eigenvalue weighted by Gasteiger charge is -1.98. The number of hydrogen-bond donors (Lipinski definition) is 1. The van der Waals surface area contributed by atoms with E-state index in [2.05, 4.69) is 10.1 Å². The van der Waals surface area contributed by atoms with E-state index in [1.807, 2.05) is 12.1 Å². The Labute approximate surface area is 107 Å². The lowest BCUT2D eigenvalue weighted by atomic mass is 10.1. The number of aromatic nitrogens is 2. The van der Waals surface area contributed by atoms with E-state index in [1.54, 1.807) is 18.3 Å². The van der Waals surface area contributed by atoms with Crippen molar-refractivity contribution >= 4 is 5.97 Å². The summed E-state index contributed by atoms with van der Waals surface area (Å²) in [7, 11) is 0. The molecule has 6 heteroatoms. The number of carbonyl (C=O) groups is 1. The van der Waals surface area contributed by atoms with Crippen LogP contribution in [-0.4, -0.2) is 21.2 Å². The third kappa shape index (κ3) is 2.11. The minimum absolute atomic E-state index is 0.198. The predicted octanol–water partition coefficient (Wildman–Crippen LogP) is 2.69. The molecule has 0 aliphatic heterocycles. The van der Waals surface area contributed by atoms with Crippen molar-refractivity contribution < 1.29 is 18.8 Å². The second kappa shape index (κ2) is 4.41. The molecule has 0 bridgehead atoms. The molecule has 6 nitrogen and oxygen atoms in total. The average molecular weight is 256 g/mol. The fraction of sp³-hybridized carbons (Fsp3) is 0. The smallest absolute Gasteiger partial charge is 0.374 e. The van der Waals surface area contributed by atoms with E-state index in [0.29, 0.717) is 11.6 Å². The maximum atomic E-state index is 10.7. The van der Waals surface area contributed by atoms with Crippen molar-refractivity contribution in [3.63, 3.8) is 0 Å². The van der Waals surface area contributed by atoms with E-state index in [0.717, 1.165) is 11.1 Å². The Morgan fingerprint density at radius 1 is 1.21 bits per heavy atom. The second-order valence-corrected chi connectivity index (χ2v) is 3.80. The van der Waals surface area contributed by atoms with Gasteiger partial charge in [-0.3, -0.25) is 0 Å². The number of aromatic carboxylic acids is 1. The topological polar surface area (TPSA) is 89.4 Å². The lowest BCUT2D eigenvalue weighted by Crippen LogP contribution is -1.91. The Kier molecular flexibility index (Phi) is 2.60. The van der Waals surface area contributed by atoms with Gasteiger partial charge in [0.1, 0.15) is 12.0 Å². The van der Waals surface area contributed by atoms with Gasteiger partial charge in [0.15, 0.2) is 0 Å². The molecule has 0 radical (unpaired) electrons. The Morgan fingerprint density at radius 3 is 2.74 bits per heavy atom. The van der Waals surface area contributed by atoms with Crippen molar-refractivity contribution in [2.45, 2.75) is 0 Å². The zero-order valence-electron chi connectivity index (χ0n) is 9.61. The van der Waals surface area contributed by atoms with E-state index in [1.165, 1.54) is 12.3 Å². The molecule has 2 aromatic heterocycles. The van der Waals surface area contributed by atoms with Gasteiger partial charge in [0.05, 0.1) is 6.20 Å². The summed E-state index contributed by atoms with van der Waals surface area (Å²) in [6.45, 7) is 0. The zero-order valence-corrected chi connectivity index (χ0v) is 9.61. The first kappa shape index (κ1) is 11.2. The molecule has 0 saturated heterocycles. The van der Waals surface area contributed by atoms with Crippen molar-refractivity contribution in [1.29, 1.82) is 0 Å². The summed E-state index contributed by atoms with van der Waals surface area (Å²) >= 11 is 0. The highest BCUT2D eigenvalue weighted by atomic mass is 16.5. The Morgan fingerprint density at radius 2 is 2.05 bits per heavy atom. The molecule has 0 spiro atoms. The molecule has 1 aromatic carbocycles. The van der Waals surface area contributed by atoms with Gasteiger partial charge in [0, 0.05) is 17.2 Å². The molecular formula is C13H8N2O4. The molecule has 0 aliphatic carbocycles. The number of nitrogens with zero attached hydrogens (tertiary/aromatic N) is 2. The SMILES string of the molecule is O=C(O)c1cc(-c2cccc(-c3ncco3)c2)no1. The molecule has 0 atom stereocenters. The van der Waals surface area contributed by atoms with Crippen molar-refractivity contribution in [2.24, 2.45) is 0 Å². The van der Waals surface area contributed by atoms with Gasteiger partial charge in [0.25, 0.3) is 0 Å². The standard InChI is InChI=1S/C13H8N2O4/c16-13(17)11-7-10(15-19-11)8-2-1-3-9(6-8)12-14-4-5-18-12/h1-7H,(H,16,17). The van der Waals surface area contributed by atoms with Crippen LogP contribution in [0.1, 0.15) is 10.6 Å². The number of carboxylic acids is 1. The molecule has 19 heavy (non-hydrogen) atoms. The van der Waals surface area contributed by atoms with Gasteiger partial charge in [-0.15, -0.1) is 0 Å². The van der Waals surface area contributed by atoms with Crippen LogP contribution in [0.15, 0.2) is 51.7 Å². The maximum absolute atomic E-state index is 10.7. The van der Waals surface area contributed by atoms with Crippen LogP contribution in [0.2, 0.25) is 0 Å². The maximum Gasteiger partial charge on any atom is 0.374 e. The fourth-order valence-electron chi connectivity index (χ4n) is 1.69. The number of carboxylic acid groups (broad SMARTS) is 1. The third-order valence-corrected chi connectivity index (χ3v) is 2.56. The van der Waals surface area contributed by atoms with E-state index < -0.39 is 5.97 Å². The van der Waals surface area contributed by atoms with Gasteiger partial charge < -0.3 is 14.0 Å². The highest BCUT2D eigenvalue weighted by Crippen LogP contribution is 2.25. The first-order valence-electron chi connectivity index (χ1n) is 5.44. The molecule has 1 N–H and O–H groups in total. The van der Waals surface area contributed by atoms with Gasteiger partial charge in [-0.25, -0.2) is 9.78 Å². The van der Waals surface area contributed by atoms with Crippen LogP contribution in [0.5, 0.6) is 0 Å². The Balaban J connectivity index is 2.01. The summed E-state index contributed by atoms with van der Waals surface area (Å²) in [4.78, 5) is 14.8. The Hall–Kier alpha value is -2.89. The summed E-state index contributed by atoms with van der Waals surface area (Å²) in [5.41, 5.74) is 1.96. The molecule has 0 unspecified atom stereocenters. The van der Waals surface area contributed by atoms with E-state index in [9.17, 15) is 4.79 Å². The molecule has 3 aromatic rings. The second-order valence-electron chi connectivity index (χ2n) is 3.80. The summed E-state index contributed by atoms with van der Waals surface area (Å²) in [6, 6.07) is 8.62. The zero-order chi connectivity index (χ0) is 13.2. The lowest BCUT2D eigenvalue weighted by molar-refractivity contribution is 0.0652. The number of rotatable bonds is 3. The van der Waals surface area contributed by atoms with Crippen molar-refractivity contribution in [3.05, 3.63) is 48.6 Å². The van der Waals surface area contributed by atoms with Crippen LogP contribution in [0.25, 0.3) is 22.7 Å². The third-order valence-electron chi connectivity index (χ3n) is 2.56. The quantitative estimate of drug-likeness (QED) is 0.774. The molecule has 94 valence electrons. The molecule has 0 fully saturated rings.